The Hall–Kier alpha value is -1.06. The topological polar surface area (TPSA) is 44.5 Å². The van der Waals surface area contributed by atoms with Gasteiger partial charge in [0.2, 0.25) is 0 Å². The molecule has 114 valence electrons. The first kappa shape index (κ1) is 17.0. The Balaban J connectivity index is 1.94. The van der Waals surface area contributed by atoms with Gasteiger partial charge in [0.1, 0.15) is 5.75 Å². The Bertz CT molecular complexity index is 335. The average Bonchev–Trinajstić information content (AvgIpc) is 2.46. The van der Waals surface area contributed by atoms with Crippen LogP contribution < -0.4 is 10.5 Å². The molecule has 0 saturated heterocycles. The van der Waals surface area contributed by atoms with Crippen LogP contribution in [0.5, 0.6) is 5.75 Å². The van der Waals surface area contributed by atoms with Crippen molar-refractivity contribution in [1.82, 2.24) is 0 Å². The Morgan fingerprint density at radius 3 is 2.35 bits per heavy atom. The first-order valence-corrected chi connectivity index (χ1v) is 7.68. The number of aryl methyl sites for hydroxylation is 1. The minimum Gasteiger partial charge on any atom is -0.497 e. The Kier molecular flexibility index (Phi) is 9.09. The van der Waals surface area contributed by atoms with Gasteiger partial charge in [0.25, 0.3) is 0 Å². The molecule has 0 fully saturated rings. The van der Waals surface area contributed by atoms with Gasteiger partial charge in [-0.3, -0.25) is 0 Å². The zero-order valence-electron chi connectivity index (χ0n) is 12.9. The highest BCUT2D eigenvalue weighted by molar-refractivity contribution is 5.27. The lowest BCUT2D eigenvalue weighted by Crippen LogP contribution is -2.14. The molecule has 0 aliphatic carbocycles. The molecule has 0 spiro atoms. The number of rotatable bonds is 11. The smallest absolute Gasteiger partial charge is 0.118 e. The van der Waals surface area contributed by atoms with Crippen LogP contribution in [0.25, 0.3) is 0 Å². The number of hydrogen-bond acceptors (Lipinski definition) is 3. The molecule has 1 aromatic carbocycles. The van der Waals surface area contributed by atoms with Crippen LogP contribution in [-0.2, 0) is 11.2 Å². The van der Waals surface area contributed by atoms with E-state index in [-0.39, 0.29) is 0 Å². The number of benzene rings is 1. The van der Waals surface area contributed by atoms with E-state index in [1.54, 1.807) is 7.11 Å². The summed E-state index contributed by atoms with van der Waals surface area (Å²) in [6, 6.07) is 8.59. The fourth-order valence-electron chi connectivity index (χ4n) is 2.12. The van der Waals surface area contributed by atoms with E-state index in [4.69, 9.17) is 15.2 Å². The van der Waals surface area contributed by atoms with Crippen molar-refractivity contribution in [2.45, 2.75) is 51.5 Å². The predicted octanol–water partition coefficient (Wildman–Crippen LogP) is 3.55. The van der Waals surface area contributed by atoms with E-state index in [1.807, 2.05) is 12.1 Å². The molecule has 0 amide bonds. The van der Waals surface area contributed by atoms with Crippen molar-refractivity contribution in [2.75, 3.05) is 20.3 Å². The largest absolute Gasteiger partial charge is 0.497 e. The fourth-order valence-corrected chi connectivity index (χ4v) is 2.12. The maximum atomic E-state index is 5.71. The van der Waals surface area contributed by atoms with Gasteiger partial charge in [-0.15, -0.1) is 0 Å². The number of ether oxygens (including phenoxy) is 2. The van der Waals surface area contributed by atoms with E-state index in [0.717, 1.165) is 44.6 Å². The van der Waals surface area contributed by atoms with E-state index < -0.39 is 0 Å². The van der Waals surface area contributed by atoms with Crippen LogP contribution in [0.4, 0.5) is 0 Å². The average molecular weight is 279 g/mol. The molecule has 1 aromatic rings. The first-order chi connectivity index (χ1) is 9.72. The standard InChI is InChI=1S/C17H29NO2/c1-15(18)7-4-3-5-13-20-14-6-8-16-9-11-17(19-2)12-10-16/h9-12,15H,3-8,13-14,18H2,1-2H3. The van der Waals surface area contributed by atoms with Gasteiger partial charge in [-0.05, 0) is 50.3 Å². The molecule has 1 atom stereocenters. The summed E-state index contributed by atoms with van der Waals surface area (Å²) >= 11 is 0. The first-order valence-electron chi connectivity index (χ1n) is 7.68. The molecule has 0 aliphatic rings. The van der Waals surface area contributed by atoms with Gasteiger partial charge in [-0.25, -0.2) is 0 Å². The minimum absolute atomic E-state index is 0.334. The lowest BCUT2D eigenvalue weighted by atomic mass is 10.1. The summed E-state index contributed by atoms with van der Waals surface area (Å²) in [5, 5.41) is 0. The van der Waals surface area contributed by atoms with Crippen LogP contribution >= 0.6 is 0 Å². The van der Waals surface area contributed by atoms with Crippen LogP contribution in [0, 0.1) is 0 Å². The van der Waals surface area contributed by atoms with Crippen LogP contribution in [0.3, 0.4) is 0 Å². The van der Waals surface area contributed by atoms with Crippen molar-refractivity contribution in [3.8, 4) is 5.75 Å². The van der Waals surface area contributed by atoms with Gasteiger partial charge in [0, 0.05) is 19.3 Å². The van der Waals surface area contributed by atoms with Crippen molar-refractivity contribution in [3.05, 3.63) is 29.8 Å². The highest BCUT2D eigenvalue weighted by Gasteiger charge is 1.97. The molecular weight excluding hydrogens is 250 g/mol. The van der Waals surface area contributed by atoms with E-state index in [2.05, 4.69) is 19.1 Å². The maximum absolute atomic E-state index is 5.71. The third kappa shape index (κ3) is 8.18. The summed E-state index contributed by atoms with van der Waals surface area (Å²) in [5.74, 6) is 0.914. The van der Waals surface area contributed by atoms with Gasteiger partial charge >= 0.3 is 0 Å². The van der Waals surface area contributed by atoms with Gasteiger partial charge in [-0.2, -0.15) is 0 Å². The van der Waals surface area contributed by atoms with Crippen LogP contribution in [0.2, 0.25) is 0 Å². The van der Waals surface area contributed by atoms with Gasteiger partial charge in [-0.1, -0.05) is 25.0 Å². The van der Waals surface area contributed by atoms with Crippen molar-refractivity contribution in [2.24, 2.45) is 5.73 Å². The zero-order valence-corrected chi connectivity index (χ0v) is 12.9. The molecule has 0 heterocycles. The molecule has 2 N–H and O–H groups in total. The number of nitrogens with two attached hydrogens (primary N) is 1. The summed E-state index contributed by atoms with van der Waals surface area (Å²) in [5.41, 5.74) is 7.05. The molecule has 1 rings (SSSR count). The third-order valence-electron chi connectivity index (χ3n) is 3.36. The third-order valence-corrected chi connectivity index (χ3v) is 3.36. The number of unbranched alkanes of at least 4 members (excludes halogenated alkanes) is 2. The highest BCUT2D eigenvalue weighted by atomic mass is 16.5. The van der Waals surface area contributed by atoms with Gasteiger partial charge in [0.15, 0.2) is 0 Å². The van der Waals surface area contributed by atoms with Crippen LogP contribution in [0.15, 0.2) is 24.3 Å². The molecule has 1 unspecified atom stereocenters. The summed E-state index contributed by atoms with van der Waals surface area (Å²) in [6.45, 7) is 3.79. The molecule has 0 aromatic heterocycles. The monoisotopic (exact) mass is 279 g/mol. The molecule has 0 radical (unpaired) electrons. The number of methoxy groups -OCH3 is 1. The van der Waals surface area contributed by atoms with Crippen molar-refractivity contribution < 1.29 is 9.47 Å². The van der Waals surface area contributed by atoms with E-state index in [9.17, 15) is 0 Å². The predicted molar refractivity (Wildman–Crippen MR) is 84.3 cm³/mol. The molecule has 3 heteroatoms. The molecule has 0 saturated carbocycles. The summed E-state index contributed by atoms with van der Waals surface area (Å²) in [4.78, 5) is 0. The van der Waals surface area contributed by atoms with Crippen LogP contribution in [0.1, 0.15) is 44.6 Å². The second-order valence-electron chi connectivity index (χ2n) is 5.39. The minimum atomic E-state index is 0.334. The highest BCUT2D eigenvalue weighted by Crippen LogP contribution is 2.12. The van der Waals surface area contributed by atoms with E-state index in [0.29, 0.717) is 6.04 Å². The second kappa shape index (κ2) is 10.7. The maximum Gasteiger partial charge on any atom is 0.118 e. The van der Waals surface area contributed by atoms with Crippen molar-refractivity contribution >= 4 is 0 Å². The Morgan fingerprint density at radius 1 is 1.00 bits per heavy atom. The molecule has 20 heavy (non-hydrogen) atoms. The Morgan fingerprint density at radius 2 is 1.70 bits per heavy atom. The molecule has 3 nitrogen and oxygen atoms in total. The quantitative estimate of drug-likeness (QED) is 0.630. The summed E-state index contributed by atoms with van der Waals surface area (Å²) in [6.07, 6.45) is 6.85. The van der Waals surface area contributed by atoms with Gasteiger partial charge < -0.3 is 15.2 Å². The lowest BCUT2D eigenvalue weighted by Gasteiger charge is -2.06. The second-order valence-corrected chi connectivity index (χ2v) is 5.39. The summed E-state index contributed by atoms with van der Waals surface area (Å²) < 4.78 is 10.8. The van der Waals surface area contributed by atoms with Crippen molar-refractivity contribution in [3.63, 3.8) is 0 Å². The van der Waals surface area contributed by atoms with E-state index >= 15 is 0 Å². The van der Waals surface area contributed by atoms with E-state index in [1.165, 1.54) is 18.4 Å². The molecule has 0 aliphatic heterocycles. The Labute approximate surface area is 123 Å². The normalized spacial score (nSPS) is 12.3. The van der Waals surface area contributed by atoms with Crippen molar-refractivity contribution in [1.29, 1.82) is 0 Å². The zero-order chi connectivity index (χ0) is 14.6. The fraction of sp³-hybridized carbons (Fsp3) is 0.647. The lowest BCUT2D eigenvalue weighted by molar-refractivity contribution is 0.127. The molecular formula is C17H29NO2. The molecule has 0 bridgehead atoms. The van der Waals surface area contributed by atoms with Gasteiger partial charge in [0.05, 0.1) is 7.11 Å². The number of hydrogen-bond donors (Lipinski definition) is 1. The summed E-state index contributed by atoms with van der Waals surface area (Å²) in [7, 11) is 1.69. The SMILES string of the molecule is COc1ccc(CCCOCCCCCC(C)N)cc1. The van der Waals surface area contributed by atoms with Crippen LogP contribution in [-0.4, -0.2) is 26.4 Å².